The predicted octanol–water partition coefficient (Wildman–Crippen LogP) is 3.49. The lowest BCUT2D eigenvalue weighted by molar-refractivity contribution is 0.353. The van der Waals surface area contributed by atoms with Crippen molar-refractivity contribution in [1.29, 1.82) is 0 Å². The number of benzene rings is 2. The van der Waals surface area contributed by atoms with Gasteiger partial charge in [-0.15, -0.1) is 0 Å². The number of hydrogen-bond donors (Lipinski definition) is 0. The van der Waals surface area contributed by atoms with E-state index >= 15 is 0 Å². The summed E-state index contributed by atoms with van der Waals surface area (Å²) in [5, 5.41) is 0.396. The molecule has 0 amide bonds. The van der Waals surface area contributed by atoms with E-state index in [9.17, 15) is 4.79 Å². The Labute approximate surface area is 144 Å². The third-order valence-corrected chi connectivity index (χ3v) is 3.98. The van der Waals surface area contributed by atoms with Crippen molar-refractivity contribution >= 4 is 11.0 Å². The van der Waals surface area contributed by atoms with Crippen LogP contribution >= 0.6 is 0 Å². The van der Waals surface area contributed by atoms with E-state index in [4.69, 9.17) is 23.4 Å². The maximum absolute atomic E-state index is 13.0. The average molecular weight is 342 g/mol. The molecule has 6 heteroatoms. The van der Waals surface area contributed by atoms with Crippen LogP contribution in [0.3, 0.4) is 0 Å². The van der Waals surface area contributed by atoms with Crippen molar-refractivity contribution in [1.82, 2.24) is 0 Å². The Hall–Kier alpha value is -3.15. The Morgan fingerprint density at radius 3 is 2.20 bits per heavy atom. The summed E-state index contributed by atoms with van der Waals surface area (Å²) in [4.78, 5) is 13.0. The molecular weight excluding hydrogens is 324 g/mol. The third-order valence-electron chi connectivity index (χ3n) is 3.98. The van der Waals surface area contributed by atoms with Gasteiger partial charge >= 0.3 is 0 Å². The Kier molecular flexibility index (Phi) is 4.52. The van der Waals surface area contributed by atoms with Crippen LogP contribution in [0.1, 0.15) is 0 Å². The second-order valence-corrected chi connectivity index (χ2v) is 5.22. The molecule has 0 fully saturated rings. The molecule has 1 aromatic heterocycles. The predicted molar refractivity (Wildman–Crippen MR) is 94.1 cm³/mol. The van der Waals surface area contributed by atoms with Crippen LogP contribution < -0.4 is 24.4 Å². The number of methoxy groups -OCH3 is 4. The van der Waals surface area contributed by atoms with Crippen molar-refractivity contribution < 1.29 is 23.4 Å². The molecule has 6 nitrogen and oxygen atoms in total. The topological polar surface area (TPSA) is 67.1 Å². The highest BCUT2D eigenvalue weighted by atomic mass is 16.5. The monoisotopic (exact) mass is 342 g/mol. The van der Waals surface area contributed by atoms with Crippen molar-refractivity contribution in [3.05, 3.63) is 46.8 Å². The summed E-state index contributed by atoms with van der Waals surface area (Å²) in [6.45, 7) is 0. The first-order valence-corrected chi connectivity index (χ1v) is 7.53. The van der Waals surface area contributed by atoms with Gasteiger partial charge < -0.3 is 23.4 Å². The van der Waals surface area contributed by atoms with Crippen LogP contribution in [0.5, 0.6) is 23.0 Å². The molecule has 0 radical (unpaired) electrons. The minimum absolute atomic E-state index is 0.189. The molecule has 0 bridgehead atoms. The second kappa shape index (κ2) is 6.76. The van der Waals surface area contributed by atoms with Gasteiger partial charge in [0.25, 0.3) is 0 Å². The van der Waals surface area contributed by atoms with Gasteiger partial charge in [-0.05, 0) is 24.3 Å². The lowest BCUT2D eigenvalue weighted by Gasteiger charge is -2.12. The molecule has 0 atom stereocenters. The molecule has 3 rings (SSSR count). The number of rotatable bonds is 5. The Bertz CT molecular complexity index is 974. The highest BCUT2D eigenvalue weighted by Crippen LogP contribution is 2.37. The maximum Gasteiger partial charge on any atom is 0.204 e. The first kappa shape index (κ1) is 16.7. The van der Waals surface area contributed by atoms with Crippen LogP contribution in [0.25, 0.3) is 22.1 Å². The van der Waals surface area contributed by atoms with Gasteiger partial charge in [-0.1, -0.05) is 0 Å². The summed E-state index contributed by atoms with van der Waals surface area (Å²) in [6, 6.07) is 8.56. The minimum atomic E-state index is -0.189. The summed E-state index contributed by atoms with van der Waals surface area (Å²) in [7, 11) is 6.13. The molecule has 0 saturated heterocycles. The van der Waals surface area contributed by atoms with Crippen LogP contribution in [0.2, 0.25) is 0 Å². The Morgan fingerprint density at radius 2 is 1.56 bits per heavy atom. The van der Waals surface area contributed by atoms with Crippen LogP contribution in [-0.2, 0) is 0 Å². The smallest absolute Gasteiger partial charge is 0.204 e. The van der Waals surface area contributed by atoms with Gasteiger partial charge in [0.2, 0.25) is 11.2 Å². The lowest BCUT2D eigenvalue weighted by atomic mass is 10.0. The van der Waals surface area contributed by atoms with E-state index in [0.29, 0.717) is 45.1 Å². The van der Waals surface area contributed by atoms with Gasteiger partial charge in [-0.3, -0.25) is 4.79 Å². The quantitative estimate of drug-likeness (QED) is 0.707. The van der Waals surface area contributed by atoms with E-state index in [2.05, 4.69) is 0 Å². The fourth-order valence-corrected chi connectivity index (χ4v) is 2.72. The van der Waals surface area contributed by atoms with Gasteiger partial charge in [0.1, 0.15) is 17.8 Å². The molecule has 0 N–H and O–H groups in total. The molecule has 0 spiro atoms. The van der Waals surface area contributed by atoms with E-state index in [0.717, 1.165) is 0 Å². The van der Waals surface area contributed by atoms with Crippen LogP contribution in [0.15, 0.2) is 45.8 Å². The first-order chi connectivity index (χ1) is 12.1. The molecule has 0 saturated carbocycles. The highest BCUT2D eigenvalue weighted by Gasteiger charge is 2.18. The van der Waals surface area contributed by atoms with E-state index in [-0.39, 0.29) is 5.43 Å². The van der Waals surface area contributed by atoms with Crippen LogP contribution in [0, 0.1) is 0 Å². The molecule has 0 aliphatic carbocycles. The summed E-state index contributed by atoms with van der Waals surface area (Å²) >= 11 is 0. The maximum atomic E-state index is 13.0. The zero-order chi connectivity index (χ0) is 18.0. The normalized spacial score (nSPS) is 10.6. The largest absolute Gasteiger partial charge is 0.497 e. The van der Waals surface area contributed by atoms with Gasteiger partial charge in [0.05, 0.1) is 39.4 Å². The lowest BCUT2D eigenvalue weighted by Crippen LogP contribution is -2.07. The highest BCUT2D eigenvalue weighted by molar-refractivity contribution is 5.89. The van der Waals surface area contributed by atoms with Gasteiger partial charge in [0.15, 0.2) is 11.3 Å². The van der Waals surface area contributed by atoms with Crippen molar-refractivity contribution in [3.63, 3.8) is 0 Å². The van der Waals surface area contributed by atoms with Crippen LogP contribution in [0.4, 0.5) is 0 Å². The van der Waals surface area contributed by atoms with Gasteiger partial charge in [-0.25, -0.2) is 0 Å². The fraction of sp³-hybridized carbons (Fsp3) is 0.211. The molecule has 0 aliphatic rings. The zero-order valence-corrected chi connectivity index (χ0v) is 14.4. The van der Waals surface area contributed by atoms with E-state index in [1.807, 2.05) is 0 Å². The Balaban J connectivity index is 2.26. The van der Waals surface area contributed by atoms with Crippen LogP contribution in [-0.4, -0.2) is 28.4 Å². The number of ether oxygens (including phenoxy) is 4. The van der Waals surface area contributed by atoms with E-state index in [1.54, 1.807) is 37.4 Å². The summed E-state index contributed by atoms with van der Waals surface area (Å²) in [6.07, 6.45) is 1.40. The molecule has 0 unspecified atom stereocenters. The number of hydrogen-bond acceptors (Lipinski definition) is 6. The zero-order valence-electron chi connectivity index (χ0n) is 14.4. The summed E-state index contributed by atoms with van der Waals surface area (Å²) < 4.78 is 26.9. The summed E-state index contributed by atoms with van der Waals surface area (Å²) in [5.41, 5.74) is 1.15. The van der Waals surface area contributed by atoms with E-state index < -0.39 is 0 Å². The fourth-order valence-electron chi connectivity index (χ4n) is 2.72. The molecule has 0 aliphatic heterocycles. The molecular formula is C19H18O6. The summed E-state index contributed by atoms with van der Waals surface area (Å²) in [5.74, 6) is 2.03. The van der Waals surface area contributed by atoms with Gasteiger partial charge in [-0.2, -0.15) is 0 Å². The first-order valence-electron chi connectivity index (χ1n) is 7.53. The molecule has 1 heterocycles. The molecule has 130 valence electrons. The van der Waals surface area contributed by atoms with Crippen molar-refractivity contribution in [3.8, 4) is 34.1 Å². The van der Waals surface area contributed by atoms with Crippen molar-refractivity contribution in [2.75, 3.05) is 28.4 Å². The third kappa shape index (κ3) is 2.76. The van der Waals surface area contributed by atoms with Gasteiger partial charge in [0, 0.05) is 11.6 Å². The minimum Gasteiger partial charge on any atom is -0.497 e. The molecule has 25 heavy (non-hydrogen) atoms. The molecule has 3 aromatic rings. The van der Waals surface area contributed by atoms with Crippen molar-refractivity contribution in [2.24, 2.45) is 0 Å². The average Bonchev–Trinajstić information content (AvgIpc) is 2.66. The van der Waals surface area contributed by atoms with Crippen molar-refractivity contribution in [2.45, 2.75) is 0 Å². The standard InChI is InChI=1S/C19H18O6/c1-21-11-5-6-12(16(9-11)23-3)14-10-25-18-13(17(14)20)7-8-15(22-2)19(18)24-4/h5-10H,1-4H3. The second-order valence-electron chi connectivity index (χ2n) is 5.22. The Morgan fingerprint density at radius 1 is 0.800 bits per heavy atom. The molecule has 2 aromatic carbocycles. The SMILES string of the molecule is COc1ccc(-c2coc3c(OC)c(OC)ccc3c2=O)c(OC)c1. The van der Waals surface area contributed by atoms with E-state index in [1.165, 1.54) is 27.6 Å². The number of fused-ring (bicyclic) bond motifs is 1.